The van der Waals surface area contributed by atoms with E-state index in [9.17, 15) is 9.18 Å². The molecule has 1 aromatic heterocycles. The van der Waals surface area contributed by atoms with Gasteiger partial charge in [-0.2, -0.15) is 4.39 Å². The van der Waals surface area contributed by atoms with Gasteiger partial charge in [0.05, 0.1) is 0 Å². The molecule has 0 saturated heterocycles. The minimum absolute atomic E-state index is 0.154. The SMILES string of the molecule is CN1C(=O)C(c2cc[c]cc2)(c2cccc(-c3ccc(F)nc3)c2)N=C1N. The summed E-state index contributed by atoms with van der Waals surface area (Å²) in [4.78, 5) is 22.8. The number of rotatable bonds is 3. The van der Waals surface area contributed by atoms with E-state index >= 15 is 0 Å². The zero-order valence-corrected chi connectivity index (χ0v) is 14.6. The Morgan fingerprint density at radius 2 is 1.85 bits per heavy atom. The largest absolute Gasteiger partial charge is 0.369 e. The van der Waals surface area contributed by atoms with Crippen LogP contribution in [0.4, 0.5) is 4.39 Å². The van der Waals surface area contributed by atoms with Gasteiger partial charge in [-0.25, -0.2) is 9.98 Å². The number of likely N-dealkylation sites (N-methyl/N-ethyl adjacent to an activating group) is 1. The molecule has 5 nitrogen and oxygen atoms in total. The maximum atomic E-state index is 13.2. The van der Waals surface area contributed by atoms with Crippen molar-refractivity contribution in [3.63, 3.8) is 0 Å². The van der Waals surface area contributed by atoms with Crippen molar-refractivity contribution in [1.29, 1.82) is 0 Å². The third-order valence-corrected chi connectivity index (χ3v) is 4.72. The van der Waals surface area contributed by atoms with E-state index in [0.29, 0.717) is 11.1 Å². The first-order valence-corrected chi connectivity index (χ1v) is 8.35. The molecule has 4 rings (SSSR count). The average molecular weight is 359 g/mol. The van der Waals surface area contributed by atoms with Crippen LogP contribution < -0.4 is 5.73 Å². The molecule has 2 heterocycles. The third kappa shape index (κ3) is 2.66. The second-order valence-electron chi connectivity index (χ2n) is 6.28. The number of carbonyl (C=O) groups excluding carboxylic acids is 1. The van der Waals surface area contributed by atoms with Crippen molar-refractivity contribution in [1.82, 2.24) is 9.88 Å². The van der Waals surface area contributed by atoms with E-state index in [1.54, 1.807) is 37.4 Å². The number of nitrogens with two attached hydrogens (primary N) is 1. The fraction of sp³-hybridized carbons (Fsp3) is 0.0952. The summed E-state index contributed by atoms with van der Waals surface area (Å²) in [5.74, 6) is -0.626. The predicted octanol–water partition coefficient (Wildman–Crippen LogP) is 2.72. The number of aromatic nitrogens is 1. The molecule has 1 unspecified atom stereocenters. The van der Waals surface area contributed by atoms with Gasteiger partial charge in [0.2, 0.25) is 5.95 Å². The van der Waals surface area contributed by atoms with E-state index in [-0.39, 0.29) is 11.9 Å². The predicted molar refractivity (Wildman–Crippen MR) is 100 cm³/mol. The monoisotopic (exact) mass is 359 g/mol. The molecule has 1 radical (unpaired) electrons. The Labute approximate surface area is 156 Å². The highest BCUT2D eigenvalue weighted by molar-refractivity contribution is 6.09. The number of guanidine groups is 1. The van der Waals surface area contributed by atoms with Gasteiger partial charge in [0.15, 0.2) is 11.5 Å². The highest BCUT2D eigenvalue weighted by atomic mass is 19.1. The van der Waals surface area contributed by atoms with Crippen molar-refractivity contribution in [2.75, 3.05) is 7.05 Å². The highest BCUT2D eigenvalue weighted by Crippen LogP contribution is 2.40. The molecule has 1 amide bonds. The first-order chi connectivity index (χ1) is 13.0. The average Bonchev–Trinajstić information content (AvgIpc) is 2.94. The van der Waals surface area contributed by atoms with Gasteiger partial charge in [0.1, 0.15) is 0 Å². The van der Waals surface area contributed by atoms with Gasteiger partial charge in [-0.1, -0.05) is 42.5 Å². The van der Waals surface area contributed by atoms with Gasteiger partial charge in [-0.15, -0.1) is 0 Å². The van der Waals surface area contributed by atoms with Crippen molar-refractivity contribution < 1.29 is 9.18 Å². The van der Waals surface area contributed by atoms with Gasteiger partial charge >= 0.3 is 0 Å². The van der Waals surface area contributed by atoms with Crippen LogP contribution in [0.3, 0.4) is 0 Å². The van der Waals surface area contributed by atoms with Crippen molar-refractivity contribution in [3.05, 3.63) is 90.0 Å². The van der Waals surface area contributed by atoms with Crippen LogP contribution >= 0.6 is 0 Å². The van der Waals surface area contributed by atoms with Crippen molar-refractivity contribution in [2.45, 2.75) is 5.54 Å². The number of hydrogen-bond donors (Lipinski definition) is 1. The molecular formula is C21H16FN4O. The van der Waals surface area contributed by atoms with E-state index in [0.717, 1.165) is 11.1 Å². The molecule has 0 bridgehead atoms. The number of halogens is 1. The number of carbonyl (C=O) groups is 1. The van der Waals surface area contributed by atoms with Gasteiger partial charge in [0, 0.05) is 18.8 Å². The minimum Gasteiger partial charge on any atom is -0.369 e. The smallest absolute Gasteiger partial charge is 0.266 e. The maximum absolute atomic E-state index is 13.2. The molecule has 1 aliphatic heterocycles. The maximum Gasteiger partial charge on any atom is 0.266 e. The second-order valence-corrected chi connectivity index (χ2v) is 6.28. The molecule has 6 heteroatoms. The van der Waals surface area contributed by atoms with E-state index in [1.807, 2.05) is 24.3 Å². The van der Waals surface area contributed by atoms with E-state index in [2.05, 4.69) is 16.0 Å². The number of nitrogens with zero attached hydrogens (tertiary/aromatic N) is 3. The van der Waals surface area contributed by atoms with E-state index in [1.165, 1.54) is 17.2 Å². The summed E-state index contributed by atoms with van der Waals surface area (Å²) in [6.07, 6.45) is 1.46. The third-order valence-electron chi connectivity index (χ3n) is 4.72. The summed E-state index contributed by atoms with van der Waals surface area (Å²) in [5.41, 5.74) is 7.63. The normalized spacial score (nSPS) is 19.3. The molecule has 1 aliphatic rings. The van der Waals surface area contributed by atoms with Crippen LogP contribution in [-0.4, -0.2) is 28.8 Å². The molecule has 0 spiro atoms. The Kier molecular flexibility index (Phi) is 3.96. The Bertz CT molecular complexity index is 1030. The van der Waals surface area contributed by atoms with Gasteiger partial charge in [-0.3, -0.25) is 9.69 Å². The van der Waals surface area contributed by atoms with Crippen LogP contribution in [-0.2, 0) is 10.3 Å². The first kappa shape index (κ1) is 16.9. The fourth-order valence-corrected chi connectivity index (χ4v) is 3.28. The Balaban J connectivity index is 1.92. The first-order valence-electron chi connectivity index (χ1n) is 8.35. The topological polar surface area (TPSA) is 71.6 Å². The zero-order chi connectivity index (χ0) is 19.0. The fourth-order valence-electron chi connectivity index (χ4n) is 3.28. The summed E-state index contributed by atoms with van der Waals surface area (Å²) >= 11 is 0. The number of hydrogen-bond acceptors (Lipinski definition) is 4. The van der Waals surface area contributed by atoms with Crippen LogP contribution in [0, 0.1) is 12.0 Å². The molecule has 1 atom stereocenters. The molecule has 0 aliphatic carbocycles. The molecule has 133 valence electrons. The van der Waals surface area contributed by atoms with Crippen molar-refractivity contribution >= 4 is 11.9 Å². The lowest BCUT2D eigenvalue weighted by atomic mass is 9.82. The van der Waals surface area contributed by atoms with Crippen LogP contribution in [0.5, 0.6) is 0 Å². The Morgan fingerprint density at radius 3 is 2.48 bits per heavy atom. The summed E-state index contributed by atoms with van der Waals surface area (Å²) in [6.45, 7) is 0. The Hall–Kier alpha value is -3.54. The van der Waals surface area contributed by atoms with Gasteiger partial charge in [0.25, 0.3) is 5.91 Å². The number of pyridine rings is 1. The molecule has 27 heavy (non-hydrogen) atoms. The second kappa shape index (κ2) is 6.32. The minimum atomic E-state index is -1.27. The van der Waals surface area contributed by atoms with Crippen LogP contribution in [0.2, 0.25) is 0 Å². The molecule has 0 fully saturated rings. The van der Waals surface area contributed by atoms with Gasteiger partial charge < -0.3 is 5.73 Å². The number of benzene rings is 2. The summed E-state index contributed by atoms with van der Waals surface area (Å²) in [5, 5.41) is 0. The summed E-state index contributed by atoms with van der Waals surface area (Å²) < 4.78 is 13.2. The molecule has 3 aromatic rings. The zero-order valence-electron chi connectivity index (χ0n) is 14.6. The van der Waals surface area contributed by atoms with Gasteiger partial charge in [-0.05, 0) is 41.0 Å². The van der Waals surface area contributed by atoms with E-state index in [4.69, 9.17) is 5.73 Å². The number of aliphatic imine (C=N–C) groups is 1. The number of amides is 1. The molecule has 2 N–H and O–H groups in total. The molecule has 0 saturated carbocycles. The Morgan fingerprint density at radius 1 is 1.07 bits per heavy atom. The van der Waals surface area contributed by atoms with Crippen molar-refractivity contribution in [2.24, 2.45) is 10.7 Å². The highest BCUT2D eigenvalue weighted by Gasteiger charge is 2.49. The molecular weight excluding hydrogens is 343 g/mol. The lowest BCUT2D eigenvalue weighted by Crippen LogP contribution is -2.41. The van der Waals surface area contributed by atoms with Crippen LogP contribution in [0.15, 0.2) is 71.9 Å². The van der Waals surface area contributed by atoms with Crippen molar-refractivity contribution in [3.8, 4) is 11.1 Å². The standard InChI is InChI=1S/C21H16FN4O/c1-26-19(27)21(25-20(26)23,16-7-3-2-4-8-16)17-9-5-6-14(12-17)15-10-11-18(22)24-13-15/h3-13H,1H3,(H2,23,25). The van der Waals surface area contributed by atoms with Crippen LogP contribution in [0.1, 0.15) is 11.1 Å². The lowest BCUT2D eigenvalue weighted by molar-refractivity contribution is -0.129. The molecule has 2 aromatic carbocycles. The van der Waals surface area contributed by atoms with E-state index < -0.39 is 11.5 Å². The van der Waals surface area contributed by atoms with Crippen LogP contribution in [0.25, 0.3) is 11.1 Å². The summed E-state index contributed by atoms with van der Waals surface area (Å²) in [6, 6.07) is 20.4. The lowest BCUT2D eigenvalue weighted by Gasteiger charge is -2.26. The quantitative estimate of drug-likeness (QED) is 0.731. The summed E-state index contributed by atoms with van der Waals surface area (Å²) in [7, 11) is 1.60.